The van der Waals surface area contributed by atoms with Gasteiger partial charge >= 0.3 is 0 Å². The second kappa shape index (κ2) is 4.83. The standard InChI is InChI=1S/C10H20O2/c1-8(2)4-3-5-12-10-6-9(11)7-10/h8-11H,3-7H2,1-2H3. The summed E-state index contributed by atoms with van der Waals surface area (Å²) < 4.78 is 5.54. The van der Waals surface area contributed by atoms with Gasteiger partial charge in [-0.3, -0.25) is 0 Å². The molecule has 0 aromatic rings. The first kappa shape index (κ1) is 10.0. The summed E-state index contributed by atoms with van der Waals surface area (Å²) in [6, 6.07) is 0. The topological polar surface area (TPSA) is 29.5 Å². The Labute approximate surface area is 74.9 Å². The van der Waals surface area contributed by atoms with Crippen LogP contribution in [0.15, 0.2) is 0 Å². The lowest BCUT2D eigenvalue weighted by molar-refractivity contribution is -0.0717. The van der Waals surface area contributed by atoms with Gasteiger partial charge in [0.15, 0.2) is 0 Å². The third-order valence-corrected chi connectivity index (χ3v) is 2.35. The molecule has 0 aliphatic heterocycles. The van der Waals surface area contributed by atoms with E-state index in [1.165, 1.54) is 6.42 Å². The highest BCUT2D eigenvalue weighted by Crippen LogP contribution is 2.23. The maximum absolute atomic E-state index is 8.98. The second-order valence-electron chi connectivity index (χ2n) is 4.15. The minimum absolute atomic E-state index is 0.0832. The molecule has 1 rings (SSSR count). The van der Waals surface area contributed by atoms with Gasteiger partial charge in [0.05, 0.1) is 12.2 Å². The Kier molecular flexibility index (Phi) is 4.02. The number of rotatable bonds is 5. The molecule has 0 heterocycles. The van der Waals surface area contributed by atoms with E-state index in [1.54, 1.807) is 0 Å². The molecular formula is C10H20O2. The predicted molar refractivity (Wildman–Crippen MR) is 49.1 cm³/mol. The molecule has 0 saturated heterocycles. The lowest BCUT2D eigenvalue weighted by Crippen LogP contribution is -2.35. The SMILES string of the molecule is CC(C)CCCOC1CC(O)C1. The van der Waals surface area contributed by atoms with Gasteiger partial charge in [0, 0.05) is 6.61 Å². The highest BCUT2D eigenvalue weighted by atomic mass is 16.5. The fraction of sp³-hybridized carbons (Fsp3) is 1.00. The summed E-state index contributed by atoms with van der Waals surface area (Å²) in [7, 11) is 0. The van der Waals surface area contributed by atoms with Crippen molar-refractivity contribution in [2.45, 2.75) is 51.7 Å². The van der Waals surface area contributed by atoms with Crippen molar-refractivity contribution in [3.63, 3.8) is 0 Å². The minimum Gasteiger partial charge on any atom is -0.393 e. The molecule has 0 atom stereocenters. The van der Waals surface area contributed by atoms with Crippen LogP contribution in [0.2, 0.25) is 0 Å². The van der Waals surface area contributed by atoms with Crippen molar-refractivity contribution in [2.75, 3.05) is 6.61 Å². The van der Waals surface area contributed by atoms with Gasteiger partial charge in [0.2, 0.25) is 0 Å². The Balaban J connectivity index is 1.83. The molecule has 1 aliphatic carbocycles. The smallest absolute Gasteiger partial charge is 0.0624 e. The zero-order valence-corrected chi connectivity index (χ0v) is 8.12. The van der Waals surface area contributed by atoms with E-state index in [0.717, 1.165) is 31.8 Å². The van der Waals surface area contributed by atoms with E-state index < -0.39 is 0 Å². The fourth-order valence-electron chi connectivity index (χ4n) is 1.42. The first-order valence-electron chi connectivity index (χ1n) is 4.98. The molecule has 1 fully saturated rings. The van der Waals surface area contributed by atoms with Crippen molar-refractivity contribution in [3.05, 3.63) is 0 Å². The third kappa shape index (κ3) is 3.55. The second-order valence-corrected chi connectivity index (χ2v) is 4.15. The molecule has 12 heavy (non-hydrogen) atoms. The first-order valence-corrected chi connectivity index (χ1v) is 4.98. The van der Waals surface area contributed by atoms with Crippen LogP contribution in [0.1, 0.15) is 39.5 Å². The summed E-state index contributed by atoms with van der Waals surface area (Å²) in [5, 5.41) is 8.98. The van der Waals surface area contributed by atoms with Crippen LogP contribution in [0.25, 0.3) is 0 Å². The summed E-state index contributed by atoms with van der Waals surface area (Å²) in [4.78, 5) is 0. The minimum atomic E-state index is -0.0832. The molecule has 1 aliphatic rings. The van der Waals surface area contributed by atoms with E-state index in [-0.39, 0.29) is 6.10 Å². The largest absolute Gasteiger partial charge is 0.393 e. The van der Waals surface area contributed by atoms with Crippen LogP contribution in [0.3, 0.4) is 0 Å². The molecule has 2 heteroatoms. The number of hydrogen-bond donors (Lipinski definition) is 1. The summed E-state index contributed by atoms with van der Waals surface area (Å²) >= 11 is 0. The van der Waals surface area contributed by atoms with Crippen molar-refractivity contribution in [1.82, 2.24) is 0 Å². The fourth-order valence-corrected chi connectivity index (χ4v) is 1.42. The van der Waals surface area contributed by atoms with Crippen molar-refractivity contribution in [2.24, 2.45) is 5.92 Å². The molecule has 0 amide bonds. The predicted octanol–water partition coefficient (Wildman–Crippen LogP) is 1.96. The molecule has 1 saturated carbocycles. The van der Waals surface area contributed by atoms with Crippen molar-refractivity contribution < 1.29 is 9.84 Å². The van der Waals surface area contributed by atoms with Crippen molar-refractivity contribution in [1.29, 1.82) is 0 Å². The van der Waals surface area contributed by atoms with Crippen LogP contribution in [0.4, 0.5) is 0 Å². The van der Waals surface area contributed by atoms with E-state index in [0.29, 0.717) is 6.10 Å². The summed E-state index contributed by atoms with van der Waals surface area (Å²) in [5.41, 5.74) is 0. The third-order valence-electron chi connectivity index (χ3n) is 2.35. The lowest BCUT2D eigenvalue weighted by atomic mass is 9.92. The molecule has 0 aromatic carbocycles. The normalized spacial score (nSPS) is 29.0. The average molecular weight is 172 g/mol. The Morgan fingerprint density at radius 3 is 2.58 bits per heavy atom. The summed E-state index contributed by atoms with van der Waals surface area (Å²) in [6.45, 7) is 5.33. The molecule has 0 aromatic heterocycles. The van der Waals surface area contributed by atoms with Crippen LogP contribution < -0.4 is 0 Å². The molecule has 2 nitrogen and oxygen atoms in total. The molecule has 0 spiro atoms. The van der Waals surface area contributed by atoms with Crippen LogP contribution >= 0.6 is 0 Å². The van der Waals surface area contributed by atoms with Gasteiger partial charge < -0.3 is 9.84 Å². The van der Waals surface area contributed by atoms with Gasteiger partial charge in [0.25, 0.3) is 0 Å². The van der Waals surface area contributed by atoms with E-state index in [1.807, 2.05) is 0 Å². The molecule has 0 radical (unpaired) electrons. The lowest BCUT2D eigenvalue weighted by Gasteiger charge is -2.31. The Morgan fingerprint density at radius 2 is 2.08 bits per heavy atom. The number of hydrogen-bond acceptors (Lipinski definition) is 2. The maximum Gasteiger partial charge on any atom is 0.0624 e. The van der Waals surface area contributed by atoms with Gasteiger partial charge in [-0.15, -0.1) is 0 Å². The zero-order chi connectivity index (χ0) is 8.97. The van der Waals surface area contributed by atoms with Gasteiger partial charge in [-0.25, -0.2) is 0 Å². The number of aliphatic hydroxyl groups is 1. The summed E-state index contributed by atoms with van der Waals surface area (Å²) in [5.74, 6) is 0.778. The van der Waals surface area contributed by atoms with Crippen LogP contribution in [-0.2, 0) is 4.74 Å². The maximum atomic E-state index is 8.98. The molecule has 72 valence electrons. The molecule has 0 unspecified atom stereocenters. The molecular weight excluding hydrogens is 152 g/mol. The zero-order valence-electron chi connectivity index (χ0n) is 8.12. The highest BCUT2D eigenvalue weighted by molar-refractivity contribution is 4.78. The quantitative estimate of drug-likeness (QED) is 0.642. The Hall–Kier alpha value is -0.0800. The van der Waals surface area contributed by atoms with E-state index in [2.05, 4.69) is 13.8 Å². The van der Waals surface area contributed by atoms with Crippen molar-refractivity contribution >= 4 is 0 Å². The van der Waals surface area contributed by atoms with Crippen molar-refractivity contribution in [3.8, 4) is 0 Å². The molecule has 0 bridgehead atoms. The van der Waals surface area contributed by atoms with Crippen LogP contribution in [0.5, 0.6) is 0 Å². The molecule has 1 N–H and O–H groups in total. The Bertz CT molecular complexity index is 117. The van der Waals surface area contributed by atoms with E-state index in [9.17, 15) is 0 Å². The average Bonchev–Trinajstić information content (AvgIpc) is 1.93. The summed E-state index contributed by atoms with van der Waals surface area (Å²) in [6.07, 6.45) is 4.37. The van der Waals surface area contributed by atoms with Gasteiger partial charge in [-0.05, 0) is 31.6 Å². The van der Waals surface area contributed by atoms with Gasteiger partial charge in [0.1, 0.15) is 0 Å². The first-order chi connectivity index (χ1) is 5.68. The van der Waals surface area contributed by atoms with Crippen LogP contribution in [-0.4, -0.2) is 23.9 Å². The van der Waals surface area contributed by atoms with Crippen LogP contribution in [0, 0.1) is 5.92 Å². The highest BCUT2D eigenvalue weighted by Gasteiger charge is 2.27. The van der Waals surface area contributed by atoms with Gasteiger partial charge in [-0.2, -0.15) is 0 Å². The number of aliphatic hydroxyl groups excluding tert-OH is 1. The number of ether oxygens (including phenoxy) is 1. The van der Waals surface area contributed by atoms with Gasteiger partial charge in [-0.1, -0.05) is 13.8 Å². The Morgan fingerprint density at radius 1 is 1.42 bits per heavy atom. The van der Waals surface area contributed by atoms with E-state index >= 15 is 0 Å². The van der Waals surface area contributed by atoms with E-state index in [4.69, 9.17) is 9.84 Å². The monoisotopic (exact) mass is 172 g/mol.